The van der Waals surface area contributed by atoms with Crippen molar-refractivity contribution in [2.75, 3.05) is 33.2 Å². The van der Waals surface area contributed by atoms with Crippen molar-refractivity contribution in [3.05, 3.63) is 35.4 Å². The number of hydrogen-bond acceptors (Lipinski definition) is 3. The van der Waals surface area contributed by atoms with Crippen molar-refractivity contribution in [3.63, 3.8) is 0 Å². The van der Waals surface area contributed by atoms with Crippen LogP contribution in [0.5, 0.6) is 0 Å². The smallest absolute Gasteiger partial charge is 0.0499 e. The van der Waals surface area contributed by atoms with Crippen molar-refractivity contribution in [3.8, 4) is 0 Å². The lowest BCUT2D eigenvalue weighted by Gasteiger charge is -2.34. The monoisotopic (exact) mass is 289 g/mol. The molecule has 0 bridgehead atoms. The quantitative estimate of drug-likeness (QED) is 0.838. The molecule has 0 saturated carbocycles. The molecule has 0 amide bonds. The molecule has 1 aliphatic heterocycles. The molecule has 1 aromatic carbocycles. The second-order valence-electron chi connectivity index (χ2n) is 6.40. The third-order valence-electron chi connectivity index (χ3n) is 4.83. The second-order valence-corrected chi connectivity index (χ2v) is 6.40. The minimum atomic E-state index is 0.190. The maximum Gasteiger partial charge on any atom is 0.0499 e. The van der Waals surface area contributed by atoms with Crippen molar-refractivity contribution in [1.29, 1.82) is 0 Å². The van der Waals surface area contributed by atoms with Gasteiger partial charge in [0.2, 0.25) is 0 Å². The molecule has 2 unspecified atom stereocenters. The van der Waals surface area contributed by atoms with Crippen LogP contribution >= 0.6 is 0 Å². The van der Waals surface area contributed by atoms with Gasteiger partial charge in [0.25, 0.3) is 0 Å². The van der Waals surface area contributed by atoms with E-state index in [1.807, 2.05) is 0 Å². The maximum absolute atomic E-state index is 6.45. The first kappa shape index (κ1) is 16.5. The maximum atomic E-state index is 6.45. The summed E-state index contributed by atoms with van der Waals surface area (Å²) in [5.41, 5.74) is 9.18. The number of likely N-dealkylation sites (N-methyl/N-ethyl adjacent to an activating group) is 1. The summed E-state index contributed by atoms with van der Waals surface area (Å²) in [7, 11) is 2.22. The van der Waals surface area contributed by atoms with Crippen LogP contribution in [0.1, 0.15) is 43.4 Å². The highest BCUT2D eigenvalue weighted by Crippen LogP contribution is 2.26. The van der Waals surface area contributed by atoms with E-state index in [1.54, 1.807) is 0 Å². The lowest BCUT2D eigenvalue weighted by molar-refractivity contribution is 0.181. The molecule has 0 radical (unpaired) electrons. The molecule has 0 spiro atoms. The van der Waals surface area contributed by atoms with E-state index in [9.17, 15) is 0 Å². The number of rotatable bonds is 7. The van der Waals surface area contributed by atoms with Crippen LogP contribution in [0.25, 0.3) is 0 Å². The van der Waals surface area contributed by atoms with Gasteiger partial charge >= 0.3 is 0 Å². The summed E-state index contributed by atoms with van der Waals surface area (Å²) < 4.78 is 0. The highest BCUT2D eigenvalue weighted by Gasteiger charge is 2.24. The van der Waals surface area contributed by atoms with Crippen molar-refractivity contribution < 1.29 is 0 Å². The lowest BCUT2D eigenvalue weighted by Crippen LogP contribution is -2.42. The first-order valence-corrected chi connectivity index (χ1v) is 8.37. The number of nitrogens with two attached hydrogens (primary N) is 1. The van der Waals surface area contributed by atoms with Gasteiger partial charge in [0.05, 0.1) is 0 Å². The molecule has 3 heteroatoms. The van der Waals surface area contributed by atoms with Gasteiger partial charge in [-0.1, -0.05) is 31.2 Å². The Morgan fingerprint density at radius 1 is 1.24 bits per heavy atom. The largest absolute Gasteiger partial charge is 0.326 e. The molecule has 1 saturated heterocycles. The number of benzene rings is 1. The standard InChI is InChI=1S/C18H31N3/c1-4-17(19)18(16-10-6-5-9-15(16)2)20(3)13-14-21-11-7-8-12-21/h5-6,9-10,17-18H,4,7-8,11-14,19H2,1-3H3. The Labute approximate surface area is 130 Å². The van der Waals surface area contributed by atoms with E-state index in [-0.39, 0.29) is 6.04 Å². The highest BCUT2D eigenvalue weighted by molar-refractivity contribution is 5.30. The molecule has 118 valence electrons. The summed E-state index contributed by atoms with van der Waals surface area (Å²) >= 11 is 0. The molecule has 2 atom stereocenters. The zero-order valence-corrected chi connectivity index (χ0v) is 13.9. The SMILES string of the molecule is CCC(N)C(c1ccccc1C)N(C)CCN1CCCC1. The summed E-state index contributed by atoms with van der Waals surface area (Å²) in [5.74, 6) is 0. The fourth-order valence-corrected chi connectivity index (χ4v) is 3.38. The molecule has 2 rings (SSSR count). The molecule has 1 heterocycles. The Bertz CT molecular complexity index is 426. The molecule has 21 heavy (non-hydrogen) atoms. The van der Waals surface area contributed by atoms with Crippen molar-refractivity contribution >= 4 is 0 Å². The summed E-state index contributed by atoms with van der Waals surface area (Å²) in [6.45, 7) is 9.16. The van der Waals surface area contributed by atoms with E-state index in [0.29, 0.717) is 6.04 Å². The summed E-state index contributed by atoms with van der Waals surface area (Å²) in [6.07, 6.45) is 3.73. The fraction of sp³-hybridized carbons (Fsp3) is 0.667. The first-order chi connectivity index (χ1) is 10.1. The Morgan fingerprint density at radius 3 is 2.52 bits per heavy atom. The Balaban J connectivity index is 2.06. The van der Waals surface area contributed by atoms with Crippen LogP contribution < -0.4 is 5.73 Å². The number of aryl methyl sites for hydroxylation is 1. The predicted molar refractivity (Wildman–Crippen MR) is 90.5 cm³/mol. The van der Waals surface area contributed by atoms with E-state index >= 15 is 0 Å². The molecule has 0 aliphatic carbocycles. The molecule has 1 aliphatic rings. The first-order valence-electron chi connectivity index (χ1n) is 8.37. The number of likely N-dealkylation sites (tertiary alicyclic amines) is 1. The molecule has 1 fully saturated rings. The van der Waals surface area contributed by atoms with Crippen LogP contribution in [0.15, 0.2) is 24.3 Å². The van der Waals surface area contributed by atoms with Crippen molar-refractivity contribution in [2.45, 2.75) is 45.2 Å². The topological polar surface area (TPSA) is 32.5 Å². The van der Waals surface area contributed by atoms with Crippen molar-refractivity contribution in [2.24, 2.45) is 5.73 Å². The van der Waals surface area contributed by atoms with Gasteiger partial charge in [0.15, 0.2) is 0 Å². The van der Waals surface area contributed by atoms with E-state index in [2.05, 4.69) is 55.0 Å². The molecule has 3 nitrogen and oxygen atoms in total. The number of nitrogens with zero attached hydrogens (tertiary/aromatic N) is 2. The Kier molecular flexibility index (Phi) is 6.22. The Hall–Kier alpha value is -0.900. The third kappa shape index (κ3) is 4.29. The average molecular weight is 289 g/mol. The van der Waals surface area contributed by atoms with Gasteiger partial charge in [0, 0.05) is 25.2 Å². The fourth-order valence-electron chi connectivity index (χ4n) is 3.38. The summed E-state index contributed by atoms with van der Waals surface area (Å²) in [5, 5.41) is 0. The highest BCUT2D eigenvalue weighted by atomic mass is 15.2. The van der Waals surface area contributed by atoms with Crippen LogP contribution in [-0.4, -0.2) is 49.1 Å². The molecule has 1 aromatic rings. The summed E-state index contributed by atoms with van der Waals surface area (Å²) in [6, 6.07) is 9.18. The minimum Gasteiger partial charge on any atom is -0.326 e. The van der Waals surface area contributed by atoms with Crippen LogP contribution in [0.2, 0.25) is 0 Å². The van der Waals surface area contributed by atoms with E-state index in [4.69, 9.17) is 5.73 Å². The average Bonchev–Trinajstić information content (AvgIpc) is 3.00. The van der Waals surface area contributed by atoms with Gasteiger partial charge in [-0.3, -0.25) is 4.90 Å². The van der Waals surface area contributed by atoms with Crippen molar-refractivity contribution in [1.82, 2.24) is 9.80 Å². The minimum absolute atomic E-state index is 0.190. The summed E-state index contributed by atoms with van der Waals surface area (Å²) in [4.78, 5) is 5.03. The van der Waals surface area contributed by atoms with Gasteiger partial charge in [-0.05, 0) is 57.5 Å². The third-order valence-corrected chi connectivity index (χ3v) is 4.83. The van der Waals surface area contributed by atoms with Gasteiger partial charge in [0.1, 0.15) is 0 Å². The molecule has 2 N–H and O–H groups in total. The van der Waals surface area contributed by atoms with Crippen LogP contribution in [0.3, 0.4) is 0 Å². The van der Waals surface area contributed by atoms with Gasteiger partial charge in [-0.15, -0.1) is 0 Å². The van der Waals surface area contributed by atoms with Crippen LogP contribution in [0.4, 0.5) is 0 Å². The lowest BCUT2D eigenvalue weighted by atomic mass is 9.93. The molecule has 0 aromatic heterocycles. The Morgan fingerprint density at radius 2 is 1.90 bits per heavy atom. The van der Waals surface area contributed by atoms with Gasteiger partial charge < -0.3 is 10.6 Å². The molecular weight excluding hydrogens is 258 g/mol. The zero-order chi connectivity index (χ0) is 15.2. The number of hydrogen-bond donors (Lipinski definition) is 1. The van der Waals surface area contributed by atoms with Gasteiger partial charge in [-0.2, -0.15) is 0 Å². The van der Waals surface area contributed by atoms with E-state index in [1.165, 1.54) is 37.1 Å². The zero-order valence-electron chi connectivity index (χ0n) is 13.9. The van der Waals surface area contributed by atoms with E-state index in [0.717, 1.165) is 19.5 Å². The predicted octanol–water partition coefficient (Wildman–Crippen LogP) is 2.80. The van der Waals surface area contributed by atoms with Crippen LogP contribution in [-0.2, 0) is 0 Å². The normalized spacial score (nSPS) is 19.1. The van der Waals surface area contributed by atoms with Crippen LogP contribution in [0, 0.1) is 6.92 Å². The molecular formula is C18H31N3. The second kappa shape index (κ2) is 7.92. The van der Waals surface area contributed by atoms with Gasteiger partial charge in [-0.25, -0.2) is 0 Å². The van der Waals surface area contributed by atoms with E-state index < -0.39 is 0 Å².